The van der Waals surface area contributed by atoms with Crippen LogP contribution >= 0.6 is 0 Å². The topological polar surface area (TPSA) is 90.0 Å². The monoisotopic (exact) mass is 209 g/mol. The molecule has 6 nitrogen and oxygen atoms in total. The van der Waals surface area contributed by atoms with Crippen LogP contribution in [-0.2, 0) is 4.74 Å². The quantitative estimate of drug-likeness (QED) is 0.315. The molecule has 2 heterocycles. The molecule has 1 saturated heterocycles. The first-order chi connectivity index (χ1) is 7.29. The highest BCUT2D eigenvalue weighted by Crippen LogP contribution is 2.13. The lowest BCUT2D eigenvalue weighted by molar-refractivity contribution is -0.0813. The number of pyridine rings is 1. The molecular weight excluding hydrogens is 198 g/mol. The second kappa shape index (κ2) is 4.14. The molecule has 0 bridgehead atoms. The molecule has 2 rings (SSSR count). The summed E-state index contributed by atoms with van der Waals surface area (Å²) in [6.07, 6.45) is 1.58. The largest absolute Gasteiger partial charge is 0.469 e. The molecule has 15 heavy (non-hydrogen) atoms. The zero-order valence-corrected chi connectivity index (χ0v) is 7.96. The molecule has 3 N–H and O–H groups in total. The standard InChI is InChI=1S/C9H11N3O3/c10-9(12-13)6-1-2-8(11-3-6)15-7-4-14-5-7/h1-3,7,13H,4-5H2,(H2,10,12). The molecule has 1 aromatic heterocycles. The van der Waals surface area contributed by atoms with Crippen molar-refractivity contribution in [1.29, 1.82) is 0 Å². The SMILES string of the molecule is N/C(=N/O)c1ccc(OC2COC2)nc1. The Balaban J connectivity index is 2.03. The van der Waals surface area contributed by atoms with Gasteiger partial charge in [-0.25, -0.2) is 4.98 Å². The molecule has 0 saturated carbocycles. The van der Waals surface area contributed by atoms with Crippen molar-refractivity contribution in [1.82, 2.24) is 4.98 Å². The van der Waals surface area contributed by atoms with Crippen molar-refractivity contribution >= 4 is 5.84 Å². The van der Waals surface area contributed by atoms with E-state index in [4.69, 9.17) is 20.4 Å². The summed E-state index contributed by atoms with van der Waals surface area (Å²) in [5.74, 6) is 0.541. The van der Waals surface area contributed by atoms with Crippen LogP contribution in [0.3, 0.4) is 0 Å². The van der Waals surface area contributed by atoms with Crippen LogP contribution in [0.5, 0.6) is 5.88 Å². The fourth-order valence-corrected chi connectivity index (χ4v) is 1.11. The van der Waals surface area contributed by atoms with Crippen molar-refractivity contribution in [2.75, 3.05) is 13.2 Å². The van der Waals surface area contributed by atoms with Crippen LogP contribution in [0.4, 0.5) is 0 Å². The number of nitrogens with two attached hydrogens (primary N) is 1. The van der Waals surface area contributed by atoms with Crippen LogP contribution in [0.15, 0.2) is 23.5 Å². The zero-order chi connectivity index (χ0) is 10.7. The number of rotatable bonds is 3. The molecule has 0 unspecified atom stereocenters. The Morgan fingerprint density at radius 3 is 2.87 bits per heavy atom. The highest BCUT2D eigenvalue weighted by Gasteiger charge is 2.20. The van der Waals surface area contributed by atoms with Crippen LogP contribution in [0.1, 0.15) is 5.56 Å². The summed E-state index contributed by atoms with van der Waals surface area (Å²) < 4.78 is 10.4. The smallest absolute Gasteiger partial charge is 0.213 e. The summed E-state index contributed by atoms with van der Waals surface area (Å²) in [7, 11) is 0. The molecule has 0 amide bonds. The lowest BCUT2D eigenvalue weighted by Gasteiger charge is -2.25. The lowest BCUT2D eigenvalue weighted by atomic mass is 10.2. The van der Waals surface area contributed by atoms with Gasteiger partial charge in [-0.1, -0.05) is 5.16 Å². The van der Waals surface area contributed by atoms with E-state index < -0.39 is 0 Å². The average Bonchev–Trinajstić information content (AvgIpc) is 2.23. The summed E-state index contributed by atoms with van der Waals surface area (Å²) in [6, 6.07) is 3.35. The third-order valence-electron chi connectivity index (χ3n) is 2.03. The number of ether oxygens (including phenoxy) is 2. The first kappa shape index (κ1) is 9.72. The fourth-order valence-electron chi connectivity index (χ4n) is 1.11. The van der Waals surface area contributed by atoms with Gasteiger partial charge in [-0.15, -0.1) is 0 Å². The number of nitrogens with zero attached hydrogens (tertiary/aromatic N) is 2. The van der Waals surface area contributed by atoms with Gasteiger partial charge in [0, 0.05) is 17.8 Å². The molecule has 1 aliphatic rings. The zero-order valence-electron chi connectivity index (χ0n) is 7.96. The fraction of sp³-hybridized carbons (Fsp3) is 0.333. The highest BCUT2D eigenvalue weighted by atomic mass is 16.6. The van der Waals surface area contributed by atoms with Gasteiger partial charge < -0.3 is 20.4 Å². The maximum Gasteiger partial charge on any atom is 0.213 e. The van der Waals surface area contributed by atoms with E-state index in [0.29, 0.717) is 24.7 Å². The summed E-state index contributed by atoms with van der Waals surface area (Å²) in [5, 5.41) is 11.3. The van der Waals surface area contributed by atoms with Gasteiger partial charge in [0.15, 0.2) is 5.84 Å². The van der Waals surface area contributed by atoms with Gasteiger partial charge in [-0.05, 0) is 6.07 Å². The molecule has 1 fully saturated rings. The number of amidine groups is 1. The van der Waals surface area contributed by atoms with E-state index in [1.807, 2.05) is 0 Å². The second-order valence-electron chi connectivity index (χ2n) is 3.15. The Kier molecular flexibility index (Phi) is 2.68. The van der Waals surface area contributed by atoms with Crippen molar-refractivity contribution in [3.63, 3.8) is 0 Å². The third kappa shape index (κ3) is 2.16. The lowest BCUT2D eigenvalue weighted by Crippen LogP contribution is -2.38. The summed E-state index contributed by atoms with van der Waals surface area (Å²) in [4.78, 5) is 4.02. The minimum absolute atomic E-state index is 0.0287. The number of aromatic nitrogens is 1. The minimum Gasteiger partial charge on any atom is -0.469 e. The first-order valence-electron chi connectivity index (χ1n) is 4.48. The Hall–Kier alpha value is -1.82. The van der Waals surface area contributed by atoms with Gasteiger partial charge >= 0.3 is 0 Å². The second-order valence-corrected chi connectivity index (χ2v) is 3.15. The molecule has 80 valence electrons. The predicted octanol–water partition coefficient (Wildman–Crippen LogP) is -0.0463. The van der Waals surface area contributed by atoms with Gasteiger partial charge in [0.1, 0.15) is 6.10 Å². The predicted molar refractivity (Wildman–Crippen MR) is 52.0 cm³/mol. The molecule has 0 aliphatic carbocycles. The molecule has 6 heteroatoms. The van der Waals surface area contributed by atoms with Crippen LogP contribution in [0.2, 0.25) is 0 Å². The Labute approximate surface area is 86.3 Å². The number of hydrogen-bond acceptors (Lipinski definition) is 5. The summed E-state index contributed by atoms with van der Waals surface area (Å²) in [5.41, 5.74) is 5.93. The van der Waals surface area contributed by atoms with E-state index in [-0.39, 0.29) is 11.9 Å². The van der Waals surface area contributed by atoms with Crippen LogP contribution in [0.25, 0.3) is 0 Å². The Morgan fingerprint density at radius 2 is 2.40 bits per heavy atom. The van der Waals surface area contributed by atoms with E-state index in [2.05, 4.69) is 10.1 Å². The third-order valence-corrected chi connectivity index (χ3v) is 2.03. The van der Waals surface area contributed by atoms with E-state index in [9.17, 15) is 0 Å². The first-order valence-corrected chi connectivity index (χ1v) is 4.48. The maximum absolute atomic E-state index is 8.44. The van der Waals surface area contributed by atoms with Crippen molar-refractivity contribution in [3.05, 3.63) is 23.9 Å². The molecule has 0 spiro atoms. The number of hydrogen-bond donors (Lipinski definition) is 2. The Morgan fingerprint density at radius 1 is 1.60 bits per heavy atom. The van der Waals surface area contributed by atoms with Gasteiger partial charge in [-0.2, -0.15) is 0 Å². The normalized spacial score (nSPS) is 17.2. The maximum atomic E-state index is 8.44. The van der Waals surface area contributed by atoms with Gasteiger partial charge in [0.2, 0.25) is 5.88 Å². The molecule has 1 aromatic rings. The summed E-state index contributed by atoms with van der Waals surface area (Å²) >= 11 is 0. The van der Waals surface area contributed by atoms with E-state index in [0.717, 1.165) is 0 Å². The van der Waals surface area contributed by atoms with Crippen LogP contribution in [-0.4, -0.2) is 35.3 Å². The molecule has 0 atom stereocenters. The van der Waals surface area contributed by atoms with Gasteiger partial charge in [-0.3, -0.25) is 0 Å². The molecular formula is C9H11N3O3. The van der Waals surface area contributed by atoms with Crippen LogP contribution < -0.4 is 10.5 Å². The Bertz CT molecular complexity index is 359. The van der Waals surface area contributed by atoms with E-state index >= 15 is 0 Å². The molecule has 0 radical (unpaired) electrons. The van der Waals surface area contributed by atoms with Crippen molar-refractivity contribution in [2.24, 2.45) is 10.9 Å². The number of oxime groups is 1. The highest BCUT2D eigenvalue weighted by molar-refractivity contribution is 5.96. The molecule has 0 aromatic carbocycles. The summed E-state index contributed by atoms with van der Waals surface area (Å²) in [6.45, 7) is 1.20. The van der Waals surface area contributed by atoms with Gasteiger partial charge in [0.05, 0.1) is 13.2 Å². The van der Waals surface area contributed by atoms with E-state index in [1.165, 1.54) is 6.20 Å². The van der Waals surface area contributed by atoms with Crippen molar-refractivity contribution in [3.8, 4) is 5.88 Å². The van der Waals surface area contributed by atoms with Crippen molar-refractivity contribution in [2.45, 2.75) is 6.10 Å². The van der Waals surface area contributed by atoms with E-state index in [1.54, 1.807) is 12.1 Å². The minimum atomic E-state index is 0.0287. The van der Waals surface area contributed by atoms with Crippen molar-refractivity contribution < 1.29 is 14.7 Å². The van der Waals surface area contributed by atoms with Crippen LogP contribution in [0, 0.1) is 0 Å². The molecule has 1 aliphatic heterocycles. The van der Waals surface area contributed by atoms with Gasteiger partial charge in [0.25, 0.3) is 0 Å². The average molecular weight is 209 g/mol.